The Morgan fingerprint density at radius 1 is 1.14 bits per heavy atom. The van der Waals surface area contributed by atoms with Gasteiger partial charge in [-0.15, -0.1) is 0 Å². The summed E-state index contributed by atoms with van der Waals surface area (Å²) in [6.45, 7) is 3.59. The first-order chi connectivity index (χ1) is 13.4. The Balaban J connectivity index is 1.38. The second-order valence-corrected chi connectivity index (χ2v) is 7.34. The van der Waals surface area contributed by atoms with Crippen molar-refractivity contribution in [2.45, 2.75) is 31.9 Å². The van der Waals surface area contributed by atoms with Crippen molar-refractivity contribution in [1.82, 2.24) is 20.5 Å². The smallest absolute Gasteiger partial charge is 0.407 e. The number of ether oxygens (including phenoxy) is 1. The summed E-state index contributed by atoms with van der Waals surface area (Å²) in [5.41, 5.74) is 3.57. The predicted molar refractivity (Wildman–Crippen MR) is 104 cm³/mol. The van der Waals surface area contributed by atoms with E-state index in [4.69, 9.17) is 4.74 Å². The van der Waals surface area contributed by atoms with E-state index in [1.165, 1.54) is 22.3 Å². The van der Waals surface area contributed by atoms with E-state index >= 15 is 0 Å². The molecule has 1 aliphatic rings. The normalized spacial score (nSPS) is 13.1. The number of H-pyrrole nitrogens is 1. The minimum Gasteiger partial charge on any atom is -0.449 e. The number of rotatable bonds is 5. The van der Waals surface area contributed by atoms with Crippen LogP contribution >= 0.6 is 0 Å². The number of amides is 1. The molecule has 4 rings (SSSR count). The molecule has 3 aromatic rings. The maximum atomic E-state index is 12.2. The number of benzene rings is 2. The topological polar surface area (TPSA) is 100 Å². The Bertz CT molecular complexity index is 961. The van der Waals surface area contributed by atoms with Crippen LogP contribution in [0.4, 0.5) is 4.79 Å². The molecule has 0 fully saturated rings. The van der Waals surface area contributed by atoms with E-state index in [1.54, 1.807) is 13.8 Å². The Morgan fingerprint density at radius 2 is 1.75 bits per heavy atom. The van der Waals surface area contributed by atoms with Crippen molar-refractivity contribution in [3.63, 3.8) is 0 Å². The Kier molecular flexibility index (Phi) is 4.60. The molecule has 0 saturated carbocycles. The van der Waals surface area contributed by atoms with Gasteiger partial charge in [-0.3, -0.25) is 5.10 Å². The molecule has 1 aliphatic carbocycles. The van der Waals surface area contributed by atoms with E-state index in [2.05, 4.69) is 44.8 Å². The summed E-state index contributed by atoms with van der Waals surface area (Å²) in [5.74, 6) is 0.743. The van der Waals surface area contributed by atoms with Gasteiger partial charge in [0.15, 0.2) is 5.82 Å². The first kappa shape index (κ1) is 18.2. The molecule has 0 atom stereocenters. The third kappa shape index (κ3) is 3.48. The quantitative estimate of drug-likeness (QED) is 0.634. The maximum Gasteiger partial charge on any atom is 0.407 e. The molecule has 3 N–H and O–H groups in total. The molecule has 0 saturated heterocycles. The molecule has 1 aromatic heterocycles. The average Bonchev–Trinajstić information content (AvgIpc) is 3.28. The molecule has 0 bridgehead atoms. The first-order valence-corrected chi connectivity index (χ1v) is 9.16. The molecule has 0 aliphatic heterocycles. The highest BCUT2D eigenvalue weighted by atomic mass is 16.5. The Hall–Kier alpha value is -3.19. The minimum absolute atomic E-state index is 0.0187. The molecule has 144 valence electrons. The van der Waals surface area contributed by atoms with Crippen LogP contribution in [0.2, 0.25) is 0 Å². The molecule has 0 radical (unpaired) electrons. The molecule has 28 heavy (non-hydrogen) atoms. The summed E-state index contributed by atoms with van der Waals surface area (Å²) in [6.07, 6.45) is -0.525. The summed E-state index contributed by atoms with van der Waals surface area (Å²) >= 11 is 0. The largest absolute Gasteiger partial charge is 0.449 e. The summed E-state index contributed by atoms with van der Waals surface area (Å²) in [5, 5.41) is 19.2. The number of carbonyl (C=O) groups excluding carboxylic acids is 1. The summed E-state index contributed by atoms with van der Waals surface area (Å²) in [7, 11) is 0. The van der Waals surface area contributed by atoms with Crippen molar-refractivity contribution in [3.05, 3.63) is 71.3 Å². The molecule has 1 heterocycles. The second-order valence-electron chi connectivity index (χ2n) is 7.34. The molecule has 0 spiro atoms. The van der Waals surface area contributed by atoms with Crippen molar-refractivity contribution in [3.8, 4) is 11.1 Å². The van der Waals surface area contributed by atoms with E-state index in [1.807, 2.05) is 24.3 Å². The molecule has 7 heteroatoms. The fraction of sp³-hybridized carbons (Fsp3) is 0.286. The van der Waals surface area contributed by atoms with Crippen LogP contribution in [0.1, 0.15) is 42.5 Å². The van der Waals surface area contributed by atoms with E-state index in [9.17, 15) is 9.90 Å². The predicted octanol–water partition coefficient (Wildman–Crippen LogP) is 3.07. The fourth-order valence-electron chi connectivity index (χ4n) is 3.45. The number of aromatic amines is 1. The summed E-state index contributed by atoms with van der Waals surface area (Å²) in [6, 6.07) is 16.4. The van der Waals surface area contributed by atoms with Crippen molar-refractivity contribution in [1.29, 1.82) is 0 Å². The Morgan fingerprint density at radius 3 is 2.32 bits per heavy atom. The molecule has 7 nitrogen and oxygen atoms in total. The highest BCUT2D eigenvalue weighted by molar-refractivity contribution is 5.79. The van der Waals surface area contributed by atoms with Gasteiger partial charge < -0.3 is 15.2 Å². The van der Waals surface area contributed by atoms with Gasteiger partial charge in [-0.25, -0.2) is 9.78 Å². The number of hydrogen-bond acceptors (Lipinski definition) is 5. The number of alkyl carbamates (subject to hydrolysis) is 1. The van der Waals surface area contributed by atoms with Crippen LogP contribution in [0.3, 0.4) is 0 Å². The van der Waals surface area contributed by atoms with Crippen molar-refractivity contribution in [2.24, 2.45) is 0 Å². The van der Waals surface area contributed by atoms with Crippen LogP contribution in [0, 0.1) is 0 Å². The lowest BCUT2D eigenvalue weighted by Crippen LogP contribution is -2.26. The zero-order valence-electron chi connectivity index (χ0n) is 15.8. The van der Waals surface area contributed by atoms with Crippen LogP contribution < -0.4 is 5.32 Å². The van der Waals surface area contributed by atoms with Crippen molar-refractivity contribution in [2.75, 3.05) is 6.61 Å². The van der Waals surface area contributed by atoms with Crippen molar-refractivity contribution >= 4 is 6.09 Å². The van der Waals surface area contributed by atoms with Gasteiger partial charge in [0.25, 0.3) is 0 Å². The second kappa shape index (κ2) is 7.09. The van der Waals surface area contributed by atoms with Crippen LogP contribution in [0.5, 0.6) is 0 Å². The van der Waals surface area contributed by atoms with Gasteiger partial charge in [0.05, 0.1) is 6.54 Å². The highest BCUT2D eigenvalue weighted by Gasteiger charge is 2.29. The highest BCUT2D eigenvalue weighted by Crippen LogP contribution is 2.44. The number of fused-ring (bicyclic) bond motifs is 3. The maximum absolute atomic E-state index is 12.2. The van der Waals surface area contributed by atoms with Crippen LogP contribution in [-0.2, 0) is 16.9 Å². The van der Waals surface area contributed by atoms with E-state index in [-0.39, 0.29) is 24.9 Å². The number of carbonyl (C=O) groups is 1. The summed E-state index contributed by atoms with van der Waals surface area (Å²) < 4.78 is 5.47. The van der Waals surface area contributed by atoms with Gasteiger partial charge in [-0.1, -0.05) is 48.5 Å². The van der Waals surface area contributed by atoms with Crippen LogP contribution in [0.15, 0.2) is 48.5 Å². The molecule has 1 amide bonds. The third-order valence-electron chi connectivity index (χ3n) is 4.82. The monoisotopic (exact) mass is 378 g/mol. The lowest BCUT2D eigenvalue weighted by Gasteiger charge is -2.14. The van der Waals surface area contributed by atoms with Crippen LogP contribution in [-0.4, -0.2) is 33.0 Å². The van der Waals surface area contributed by atoms with E-state index in [0.29, 0.717) is 5.82 Å². The van der Waals surface area contributed by atoms with Gasteiger partial charge in [0, 0.05) is 5.92 Å². The number of aliphatic hydroxyl groups is 1. The SMILES string of the molecule is CC(C)(O)c1n[nH]c(CNC(=O)OCC2c3ccccc3-c3ccccc32)n1. The van der Waals surface area contributed by atoms with Gasteiger partial charge in [-0.05, 0) is 36.1 Å². The van der Waals surface area contributed by atoms with Gasteiger partial charge >= 0.3 is 6.09 Å². The number of hydrogen-bond donors (Lipinski definition) is 3. The average molecular weight is 378 g/mol. The lowest BCUT2D eigenvalue weighted by molar-refractivity contribution is 0.0690. The van der Waals surface area contributed by atoms with E-state index < -0.39 is 11.7 Å². The number of nitrogens with one attached hydrogen (secondary N) is 2. The molecule has 2 aromatic carbocycles. The standard InChI is InChI=1S/C21H22N4O3/c1-21(2,27)19-23-18(24-25-19)11-22-20(26)28-12-17-15-9-5-3-7-13(15)14-8-4-6-10-16(14)17/h3-10,17,27H,11-12H2,1-2H3,(H,22,26)(H,23,24,25). The third-order valence-corrected chi connectivity index (χ3v) is 4.82. The number of aromatic nitrogens is 3. The lowest BCUT2D eigenvalue weighted by atomic mass is 9.98. The van der Waals surface area contributed by atoms with Crippen LogP contribution in [0.25, 0.3) is 11.1 Å². The van der Waals surface area contributed by atoms with Gasteiger partial charge in [-0.2, -0.15) is 5.10 Å². The van der Waals surface area contributed by atoms with Gasteiger partial charge in [0.2, 0.25) is 0 Å². The molecular weight excluding hydrogens is 356 g/mol. The van der Waals surface area contributed by atoms with Crippen molar-refractivity contribution < 1.29 is 14.6 Å². The fourth-order valence-corrected chi connectivity index (χ4v) is 3.45. The molecular formula is C21H22N4O3. The molecule has 0 unspecified atom stereocenters. The first-order valence-electron chi connectivity index (χ1n) is 9.16. The minimum atomic E-state index is -1.14. The van der Waals surface area contributed by atoms with E-state index in [0.717, 1.165) is 0 Å². The zero-order chi connectivity index (χ0) is 19.7. The van der Waals surface area contributed by atoms with Gasteiger partial charge in [0.1, 0.15) is 18.0 Å². The Labute approximate surface area is 162 Å². The zero-order valence-corrected chi connectivity index (χ0v) is 15.8. The summed E-state index contributed by atoms with van der Waals surface area (Å²) in [4.78, 5) is 16.3. The number of nitrogens with zero attached hydrogens (tertiary/aromatic N) is 2.